The number of aryl methyl sites for hydroxylation is 2. The van der Waals surface area contributed by atoms with Gasteiger partial charge < -0.3 is 16.4 Å². The van der Waals surface area contributed by atoms with Crippen LogP contribution in [0.3, 0.4) is 0 Å². The summed E-state index contributed by atoms with van der Waals surface area (Å²) in [4.78, 5) is 32.2. The summed E-state index contributed by atoms with van der Waals surface area (Å²) in [7, 11) is 1.57. The Morgan fingerprint density at radius 3 is 2.50 bits per heavy atom. The fourth-order valence-electron chi connectivity index (χ4n) is 2.19. The molecule has 1 aromatic carbocycles. The predicted octanol–water partition coefficient (Wildman–Crippen LogP) is 2.02. The maximum Gasteiger partial charge on any atom is 0.254 e. The number of nitrogens with one attached hydrogen (secondary N) is 2. The highest BCUT2D eigenvalue weighted by atomic mass is 32.2. The Balaban J connectivity index is 2.53. The summed E-state index contributed by atoms with van der Waals surface area (Å²) in [6, 6.07) is 5.25. The molecule has 0 aliphatic rings. The van der Waals surface area contributed by atoms with Crippen LogP contribution in [-0.2, 0) is 0 Å². The summed E-state index contributed by atoms with van der Waals surface area (Å²) in [5, 5.41) is 6.22. The normalized spacial score (nSPS) is 10.3. The molecule has 1 heterocycles. The van der Waals surface area contributed by atoms with Gasteiger partial charge in [-0.25, -0.2) is 9.97 Å². The Morgan fingerprint density at radius 2 is 1.92 bits per heavy atom. The van der Waals surface area contributed by atoms with E-state index in [0.29, 0.717) is 27.9 Å². The molecule has 4 N–H and O–H groups in total. The highest BCUT2D eigenvalue weighted by Crippen LogP contribution is 2.26. The van der Waals surface area contributed by atoms with Crippen molar-refractivity contribution in [1.29, 1.82) is 0 Å². The number of rotatable bonds is 5. The van der Waals surface area contributed by atoms with Crippen molar-refractivity contribution in [3.05, 3.63) is 40.6 Å². The quantitative estimate of drug-likeness (QED) is 0.565. The monoisotopic (exact) mass is 345 g/mol. The molecule has 0 atom stereocenters. The fraction of sp³-hybridized carbons (Fsp3) is 0.250. The van der Waals surface area contributed by atoms with Crippen LogP contribution in [0, 0.1) is 13.8 Å². The zero-order valence-corrected chi connectivity index (χ0v) is 14.7. The number of nitrogens with zero attached hydrogens (tertiary/aromatic N) is 2. The largest absolute Gasteiger partial charge is 0.365 e. The average Bonchev–Trinajstić information content (AvgIpc) is 2.55. The molecular weight excluding hydrogens is 326 g/mol. The number of anilines is 2. The number of hydrogen-bond donors (Lipinski definition) is 3. The zero-order chi connectivity index (χ0) is 17.9. The molecule has 0 radical (unpaired) electrons. The number of aromatic nitrogens is 2. The van der Waals surface area contributed by atoms with Crippen molar-refractivity contribution in [3.63, 3.8) is 0 Å². The first kappa shape index (κ1) is 17.7. The lowest BCUT2D eigenvalue weighted by molar-refractivity contribution is 0.0961. The molecule has 0 aliphatic heterocycles. The summed E-state index contributed by atoms with van der Waals surface area (Å²) < 4.78 is 0. The van der Waals surface area contributed by atoms with Gasteiger partial charge in [0.25, 0.3) is 11.8 Å². The van der Waals surface area contributed by atoms with Crippen LogP contribution in [0.25, 0.3) is 0 Å². The van der Waals surface area contributed by atoms with E-state index in [2.05, 4.69) is 20.6 Å². The maximum atomic E-state index is 11.8. The maximum absolute atomic E-state index is 11.8. The van der Waals surface area contributed by atoms with Gasteiger partial charge in [0, 0.05) is 18.3 Å². The lowest BCUT2D eigenvalue weighted by atomic mass is 10.1. The van der Waals surface area contributed by atoms with E-state index in [1.54, 1.807) is 26.1 Å². The standard InChI is InChI=1S/C16H19N5O2S/c1-8-5-6-10(15(23)18-3)7-11(8)20-14-12(13(17)22)9(2)19-16(21-14)24-4/h5-7H,1-4H3,(H2,17,22)(H,18,23)(H,19,20,21). The van der Waals surface area contributed by atoms with Crippen molar-refractivity contribution in [2.45, 2.75) is 19.0 Å². The topological polar surface area (TPSA) is 110 Å². The molecule has 2 amide bonds. The molecule has 1 aromatic heterocycles. The van der Waals surface area contributed by atoms with Gasteiger partial charge in [-0.3, -0.25) is 9.59 Å². The van der Waals surface area contributed by atoms with Gasteiger partial charge in [0.15, 0.2) is 5.16 Å². The Kier molecular flexibility index (Phi) is 5.40. The molecule has 8 heteroatoms. The zero-order valence-electron chi connectivity index (χ0n) is 13.9. The summed E-state index contributed by atoms with van der Waals surface area (Å²) >= 11 is 1.37. The van der Waals surface area contributed by atoms with Gasteiger partial charge >= 0.3 is 0 Å². The van der Waals surface area contributed by atoms with E-state index in [0.717, 1.165) is 5.56 Å². The third-order valence-electron chi connectivity index (χ3n) is 3.48. The van der Waals surface area contributed by atoms with Crippen molar-refractivity contribution in [2.24, 2.45) is 5.73 Å². The average molecular weight is 345 g/mol. The van der Waals surface area contributed by atoms with E-state index in [-0.39, 0.29) is 11.5 Å². The van der Waals surface area contributed by atoms with Gasteiger partial charge in [0.2, 0.25) is 0 Å². The minimum absolute atomic E-state index is 0.197. The molecule has 0 aliphatic carbocycles. The second-order valence-electron chi connectivity index (χ2n) is 5.12. The second-order valence-corrected chi connectivity index (χ2v) is 5.89. The van der Waals surface area contributed by atoms with Gasteiger partial charge in [-0.15, -0.1) is 0 Å². The molecule has 0 spiro atoms. The van der Waals surface area contributed by atoms with Crippen molar-refractivity contribution in [3.8, 4) is 0 Å². The number of carbonyl (C=O) groups excluding carboxylic acids is 2. The molecule has 7 nitrogen and oxygen atoms in total. The van der Waals surface area contributed by atoms with Gasteiger partial charge in [0.1, 0.15) is 11.4 Å². The predicted molar refractivity (Wildman–Crippen MR) is 94.9 cm³/mol. The lowest BCUT2D eigenvalue weighted by Crippen LogP contribution is -2.19. The van der Waals surface area contributed by atoms with Crippen molar-refractivity contribution < 1.29 is 9.59 Å². The smallest absolute Gasteiger partial charge is 0.254 e. The Morgan fingerprint density at radius 1 is 1.21 bits per heavy atom. The van der Waals surface area contributed by atoms with E-state index in [1.165, 1.54) is 11.8 Å². The first-order valence-corrected chi connectivity index (χ1v) is 8.42. The first-order chi connectivity index (χ1) is 11.4. The SMILES string of the molecule is CNC(=O)c1ccc(C)c(Nc2nc(SC)nc(C)c2C(N)=O)c1. The van der Waals surface area contributed by atoms with Crippen LogP contribution in [0.15, 0.2) is 23.4 Å². The van der Waals surface area contributed by atoms with E-state index in [9.17, 15) is 9.59 Å². The van der Waals surface area contributed by atoms with Gasteiger partial charge in [0.05, 0.1) is 5.69 Å². The van der Waals surface area contributed by atoms with Gasteiger partial charge in [-0.2, -0.15) is 0 Å². The van der Waals surface area contributed by atoms with Crippen LogP contribution in [0.5, 0.6) is 0 Å². The molecular formula is C16H19N5O2S. The fourth-order valence-corrected chi connectivity index (χ4v) is 2.60. The highest BCUT2D eigenvalue weighted by Gasteiger charge is 2.17. The van der Waals surface area contributed by atoms with E-state index < -0.39 is 5.91 Å². The summed E-state index contributed by atoms with van der Waals surface area (Å²) in [6.45, 7) is 3.60. The lowest BCUT2D eigenvalue weighted by Gasteiger charge is -2.14. The van der Waals surface area contributed by atoms with Crippen molar-refractivity contribution in [1.82, 2.24) is 15.3 Å². The number of benzene rings is 1. The summed E-state index contributed by atoms with van der Waals surface area (Å²) in [6.07, 6.45) is 1.85. The molecule has 0 unspecified atom stereocenters. The molecule has 24 heavy (non-hydrogen) atoms. The Bertz CT molecular complexity index is 807. The second kappa shape index (κ2) is 7.31. The van der Waals surface area contributed by atoms with Crippen LogP contribution in [-0.4, -0.2) is 35.1 Å². The Labute approximate surface area is 144 Å². The number of primary amides is 1. The molecule has 0 bridgehead atoms. The minimum atomic E-state index is -0.609. The number of carbonyl (C=O) groups is 2. The van der Waals surface area contributed by atoms with E-state index in [1.807, 2.05) is 19.2 Å². The third kappa shape index (κ3) is 3.65. The van der Waals surface area contributed by atoms with Gasteiger partial charge in [-0.05, 0) is 37.8 Å². The highest BCUT2D eigenvalue weighted by molar-refractivity contribution is 7.98. The van der Waals surface area contributed by atoms with E-state index >= 15 is 0 Å². The molecule has 2 aromatic rings. The molecule has 2 rings (SSSR count). The van der Waals surface area contributed by atoms with Crippen LogP contribution < -0.4 is 16.4 Å². The Hall–Kier alpha value is -2.61. The van der Waals surface area contributed by atoms with Crippen LogP contribution in [0.2, 0.25) is 0 Å². The van der Waals surface area contributed by atoms with Gasteiger partial charge in [-0.1, -0.05) is 17.8 Å². The molecule has 0 saturated carbocycles. The minimum Gasteiger partial charge on any atom is -0.365 e. The van der Waals surface area contributed by atoms with E-state index in [4.69, 9.17) is 5.73 Å². The third-order valence-corrected chi connectivity index (χ3v) is 4.03. The van der Waals surface area contributed by atoms with Crippen LogP contribution in [0.1, 0.15) is 32.0 Å². The number of hydrogen-bond acceptors (Lipinski definition) is 6. The summed E-state index contributed by atoms with van der Waals surface area (Å²) in [5.74, 6) is -0.476. The van der Waals surface area contributed by atoms with Crippen LogP contribution >= 0.6 is 11.8 Å². The summed E-state index contributed by atoms with van der Waals surface area (Å²) in [5.41, 5.74) is 8.28. The van der Waals surface area contributed by atoms with Crippen molar-refractivity contribution >= 4 is 35.1 Å². The van der Waals surface area contributed by atoms with Crippen LogP contribution in [0.4, 0.5) is 11.5 Å². The first-order valence-electron chi connectivity index (χ1n) is 7.19. The number of amides is 2. The number of thioether (sulfide) groups is 1. The molecule has 126 valence electrons. The molecule has 0 fully saturated rings. The number of nitrogens with two attached hydrogens (primary N) is 1. The molecule has 0 saturated heterocycles. The van der Waals surface area contributed by atoms with Crippen molar-refractivity contribution in [2.75, 3.05) is 18.6 Å².